The molecule has 0 fully saturated rings. The molecule has 3 heteroatoms. The number of anilines is 1. The van der Waals surface area contributed by atoms with Gasteiger partial charge in [-0.15, -0.1) is 0 Å². The molecule has 0 bridgehead atoms. The number of hydrogen-bond donors (Lipinski definition) is 1. The first-order valence-corrected chi connectivity index (χ1v) is 8.55. The lowest BCUT2D eigenvalue weighted by molar-refractivity contribution is 0.575. The summed E-state index contributed by atoms with van der Waals surface area (Å²) < 4.78 is 0. The Bertz CT molecular complexity index is 592. The SMILES string of the molecule is CN(C)c1ccc(CNC2CSCc3ccccc32)cc1. The van der Waals surface area contributed by atoms with Crippen LogP contribution in [0.15, 0.2) is 48.5 Å². The molecule has 1 aliphatic rings. The Morgan fingerprint density at radius 3 is 2.62 bits per heavy atom. The van der Waals surface area contributed by atoms with Gasteiger partial charge in [0, 0.05) is 43.9 Å². The van der Waals surface area contributed by atoms with Gasteiger partial charge in [-0.05, 0) is 28.8 Å². The van der Waals surface area contributed by atoms with E-state index in [1.807, 2.05) is 11.8 Å². The molecule has 1 heterocycles. The summed E-state index contributed by atoms with van der Waals surface area (Å²) in [5, 5.41) is 3.71. The van der Waals surface area contributed by atoms with Crippen LogP contribution < -0.4 is 10.2 Å². The van der Waals surface area contributed by atoms with Gasteiger partial charge in [-0.2, -0.15) is 11.8 Å². The fourth-order valence-electron chi connectivity index (χ4n) is 2.70. The second-order valence-corrected chi connectivity index (χ2v) is 6.74. The monoisotopic (exact) mass is 298 g/mol. The van der Waals surface area contributed by atoms with E-state index in [0.717, 1.165) is 18.1 Å². The Balaban J connectivity index is 1.66. The predicted octanol–water partition coefficient (Wildman–Crippen LogP) is 3.83. The molecule has 0 amide bonds. The van der Waals surface area contributed by atoms with Crippen molar-refractivity contribution in [2.45, 2.75) is 18.3 Å². The molecule has 2 aromatic rings. The van der Waals surface area contributed by atoms with Crippen LogP contribution in [0.3, 0.4) is 0 Å². The maximum absolute atomic E-state index is 3.71. The van der Waals surface area contributed by atoms with Crippen molar-refractivity contribution in [3.63, 3.8) is 0 Å². The van der Waals surface area contributed by atoms with Crippen molar-refractivity contribution in [2.75, 3.05) is 24.7 Å². The van der Waals surface area contributed by atoms with Gasteiger partial charge < -0.3 is 10.2 Å². The van der Waals surface area contributed by atoms with E-state index < -0.39 is 0 Å². The average molecular weight is 298 g/mol. The molecular formula is C18H22N2S. The minimum Gasteiger partial charge on any atom is -0.378 e. The molecule has 0 aliphatic carbocycles. The first kappa shape index (κ1) is 14.5. The van der Waals surface area contributed by atoms with E-state index in [4.69, 9.17) is 0 Å². The normalized spacial score (nSPS) is 17.3. The molecule has 3 rings (SSSR count). The van der Waals surface area contributed by atoms with Crippen LogP contribution in [0.4, 0.5) is 5.69 Å². The van der Waals surface area contributed by atoms with Crippen LogP contribution in [0, 0.1) is 0 Å². The summed E-state index contributed by atoms with van der Waals surface area (Å²) in [6.45, 7) is 0.924. The molecular weight excluding hydrogens is 276 g/mol. The van der Waals surface area contributed by atoms with Crippen molar-refractivity contribution < 1.29 is 0 Å². The minimum atomic E-state index is 0.466. The first-order valence-electron chi connectivity index (χ1n) is 7.39. The third-order valence-electron chi connectivity index (χ3n) is 3.98. The molecule has 0 radical (unpaired) electrons. The fourth-order valence-corrected chi connectivity index (χ4v) is 3.84. The summed E-state index contributed by atoms with van der Waals surface area (Å²) in [4.78, 5) is 2.13. The maximum atomic E-state index is 3.71. The predicted molar refractivity (Wildman–Crippen MR) is 93.0 cm³/mol. The number of fused-ring (bicyclic) bond motifs is 1. The van der Waals surface area contributed by atoms with Gasteiger partial charge in [-0.1, -0.05) is 36.4 Å². The summed E-state index contributed by atoms with van der Waals surface area (Å²) in [5.74, 6) is 2.30. The molecule has 21 heavy (non-hydrogen) atoms. The lowest BCUT2D eigenvalue weighted by atomic mass is 10.0. The van der Waals surface area contributed by atoms with E-state index in [2.05, 4.69) is 72.8 Å². The molecule has 1 unspecified atom stereocenters. The van der Waals surface area contributed by atoms with E-state index in [0.29, 0.717) is 6.04 Å². The van der Waals surface area contributed by atoms with Crippen LogP contribution in [0.25, 0.3) is 0 Å². The molecule has 2 aromatic carbocycles. The summed E-state index contributed by atoms with van der Waals surface area (Å²) >= 11 is 2.02. The molecule has 1 aliphatic heterocycles. The molecule has 0 aromatic heterocycles. The Labute approximate surface area is 131 Å². The van der Waals surface area contributed by atoms with E-state index in [-0.39, 0.29) is 0 Å². The first-order chi connectivity index (χ1) is 10.2. The number of nitrogens with zero attached hydrogens (tertiary/aromatic N) is 1. The van der Waals surface area contributed by atoms with Gasteiger partial charge in [-0.25, -0.2) is 0 Å². The van der Waals surface area contributed by atoms with Crippen LogP contribution in [-0.4, -0.2) is 19.8 Å². The molecule has 0 saturated carbocycles. The molecule has 2 nitrogen and oxygen atoms in total. The zero-order chi connectivity index (χ0) is 14.7. The zero-order valence-corrected chi connectivity index (χ0v) is 13.5. The third-order valence-corrected chi connectivity index (χ3v) is 5.06. The van der Waals surface area contributed by atoms with Crippen molar-refractivity contribution in [2.24, 2.45) is 0 Å². The maximum Gasteiger partial charge on any atom is 0.0417 e. The van der Waals surface area contributed by atoms with Crippen LogP contribution in [0.2, 0.25) is 0 Å². The smallest absolute Gasteiger partial charge is 0.0417 e. The highest BCUT2D eigenvalue weighted by Gasteiger charge is 2.19. The highest BCUT2D eigenvalue weighted by molar-refractivity contribution is 7.98. The van der Waals surface area contributed by atoms with Gasteiger partial charge in [0.05, 0.1) is 0 Å². The average Bonchev–Trinajstić information content (AvgIpc) is 2.53. The van der Waals surface area contributed by atoms with E-state index in [9.17, 15) is 0 Å². The standard InChI is InChI=1S/C18H22N2S/c1-20(2)16-9-7-14(8-10-16)11-19-18-13-21-12-15-5-3-4-6-17(15)18/h3-10,18-19H,11-13H2,1-2H3. The van der Waals surface area contributed by atoms with Gasteiger partial charge in [0.25, 0.3) is 0 Å². The largest absolute Gasteiger partial charge is 0.378 e. The van der Waals surface area contributed by atoms with Crippen molar-refractivity contribution in [1.29, 1.82) is 0 Å². The van der Waals surface area contributed by atoms with Crippen LogP contribution in [-0.2, 0) is 12.3 Å². The van der Waals surface area contributed by atoms with Crippen molar-refractivity contribution in [3.05, 3.63) is 65.2 Å². The van der Waals surface area contributed by atoms with Gasteiger partial charge >= 0.3 is 0 Å². The van der Waals surface area contributed by atoms with Gasteiger partial charge in [-0.3, -0.25) is 0 Å². The molecule has 110 valence electrons. The van der Waals surface area contributed by atoms with Crippen molar-refractivity contribution in [1.82, 2.24) is 5.32 Å². The van der Waals surface area contributed by atoms with Crippen LogP contribution >= 0.6 is 11.8 Å². The van der Waals surface area contributed by atoms with E-state index in [1.165, 1.54) is 22.4 Å². The molecule has 1 atom stereocenters. The number of nitrogens with one attached hydrogen (secondary N) is 1. The zero-order valence-electron chi connectivity index (χ0n) is 12.7. The minimum absolute atomic E-state index is 0.466. The Morgan fingerprint density at radius 1 is 1.10 bits per heavy atom. The summed E-state index contributed by atoms with van der Waals surface area (Å²) in [7, 11) is 4.15. The fraction of sp³-hybridized carbons (Fsp3) is 0.333. The number of hydrogen-bond acceptors (Lipinski definition) is 3. The van der Waals surface area contributed by atoms with Crippen LogP contribution in [0.5, 0.6) is 0 Å². The topological polar surface area (TPSA) is 15.3 Å². The second-order valence-electron chi connectivity index (χ2n) is 5.71. The van der Waals surface area contributed by atoms with E-state index >= 15 is 0 Å². The molecule has 0 saturated heterocycles. The molecule has 0 spiro atoms. The Morgan fingerprint density at radius 2 is 1.86 bits per heavy atom. The Kier molecular flexibility index (Phi) is 4.51. The van der Waals surface area contributed by atoms with Crippen molar-refractivity contribution in [3.8, 4) is 0 Å². The lowest BCUT2D eigenvalue weighted by Gasteiger charge is -2.26. The lowest BCUT2D eigenvalue weighted by Crippen LogP contribution is -2.26. The number of rotatable bonds is 4. The van der Waals surface area contributed by atoms with Gasteiger partial charge in [0.15, 0.2) is 0 Å². The quantitative estimate of drug-likeness (QED) is 0.923. The van der Waals surface area contributed by atoms with Crippen LogP contribution in [0.1, 0.15) is 22.7 Å². The highest BCUT2D eigenvalue weighted by Crippen LogP contribution is 2.31. The Hall–Kier alpha value is -1.45. The van der Waals surface area contributed by atoms with Gasteiger partial charge in [0.2, 0.25) is 0 Å². The number of benzene rings is 2. The highest BCUT2D eigenvalue weighted by atomic mass is 32.2. The molecule has 1 N–H and O–H groups in total. The van der Waals surface area contributed by atoms with Crippen molar-refractivity contribution >= 4 is 17.4 Å². The summed E-state index contributed by atoms with van der Waals surface area (Å²) in [5.41, 5.74) is 5.54. The second kappa shape index (κ2) is 6.54. The third kappa shape index (κ3) is 3.42. The number of thioether (sulfide) groups is 1. The summed E-state index contributed by atoms with van der Waals surface area (Å²) in [6, 6.07) is 18.1. The van der Waals surface area contributed by atoms with E-state index in [1.54, 1.807) is 0 Å². The summed E-state index contributed by atoms with van der Waals surface area (Å²) in [6.07, 6.45) is 0. The van der Waals surface area contributed by atoms with Gasteiger partial charge in [0.1, 0.15) is 0 Å².